The predicted molar refractivity (Wildman–Crippen MR) is 117 cm³/mol. The number of halogens is 3. The van der Waals surface area contributed by atoms with Crippen molar-refractivity contribution < 1.29 is 37.3 Å². The highest BCUT2D eigenvalue weighted by atomic mass is 19.4. The van der Waals surface area contributed by atoms with Gasteiger partial charge in [-0.1, -0.05) is 18.2 Å². The number of carbonyl (C=O) groups is 2. The summed E-state index contributed by atoms with van der Waals surface area (Å²) >= 11 is 0. The Kier molecular flexibility index (Phi) is 8.75. The first-order chi connectivity index (χ1) is 16.2. The van der Waals surface area contributed by atoms with Gasteiger partial charge < -0.3 is 24.8 Å². The quantitative estimate of drug-likeness (QED) is 0.576. The molecule has 0 radical (unpaired) electrons. The first-order valence-electron chi connectivity index (χ1n) is 10.9. The van der Waals surface area contributed by atoms with Gasteiger partial charge >= 0.3 is 6.18 Å². The maximum atomic E-state index is 12.6. The third kappa shape index (κ3) is 7.65. The summed E-state index contributed by atoms with van der Waals surface area (Å²) in [7, 11) is 0. The monoisotopic (exact) mass is 480 g/mol. The third-order valence-electron chi connectivity index (χ3n) is 5.46. The second-order valence-corrected chi connectivity index (χ2v) is 7.99. The molecule has 2 aromatic carbocycles. The van der Waals surface area contributed by atoms with E-state index in [-0.39, 0.29) is 43.2 Å². The number of benzene rings is 2. The molecule has 0 saturated carbocycles. The molecule has 0 aliphatic carbocycles. The van der Waals surface area contributed by atoms with Gasteiger partial charge in [-0.15, -0.1) is 0 Å². The average molecular weight is 480 g/mol. The van der Waals surface area contributed by atoms with Crippen molar-refractivity contribution in [1.82, 2.24) is 10.2 Å². The Morgan fingerprint density at radius 2 is 1.62 bits per heavy atom. The summed E-state index contributed by atoms with van der Waals surface area (Å²) < 4.78 is 48.5. The summed E-state index contributed by atoms with van der Waals surface area (Å²) in [6, 6.07) is 13.2. The summed E-state index contributed by atoms with van der Waals surface area (Å²) in [6.45, 7) is 0.582. The van der Waals surface area contributed by atoms with Gasteiger partial charge in [-0.25, -0.2) is 0 Å². The Bertz CT molecular complexity index is 930. The van der Waals surface area contributed by atoms with Crippen LogP contribution in [0.1, 0.15) is 18.4 Å². The summed E-state index contributed by atoms with van der Waals surface area (Å²) in [5.41, 5.74) is -0.788. The van der Waals surface area contributed by atoms with Crippen LogP contribution in [0.25, 0.3) is 0 Å². The summed E-state index contributed by atoms with van der Waals surface area (Å²) in [5, 5.41) is 12.7. The van der Waals surface area contributed by atoms with Crippen LogP contribution in [0.4, 0.5) is 13.2 Å². The van der Waals surface area contributed by atoms with Crippen LogP contribution in [0.3, 0.4) is 0 Å². The predicted octanol–water partition coefficient (Wildman–Crippen LogP) is 2.88. The molecule has 7 nitrogen and oxygen atoms in total. The van der Waals surface area contributed by atoms with Gasteiger partial charge in [-0.05, 0) is 49.2 Å². The van der Waals surface area contributed by atoms with Crippen molar-refractivity contribution in [2.45, 2.75) is 25.1 Å². The van der Waals surface area contributed by atoms with Crippen molar-refractivity contribution in [2.75, 3.05) is 32.8 Å². The van der Waals surface area contributed by atoms with Crippen LogP contribution in [-0.4, -0.2) is 60.8 Å². The number of likely N-dealkylation sites (tertiary alicyclic amines) is 1. The molecule has 0 spiro atoms. The summed E-state index contributed by atoms with van der Waals surface area (Å²) in [5.74, 6) is 0.166. The van der Waals surface area contributed by atoms with Gasteiger partial charge in [0.1, 0.15) is 24.2 Å². The largest absolute Gasteiger partial charge is 0.491 e. The number of para-hydroxylation sites is 1. The fourth-order valence-electron chi connectivity index (χ4n) is 3.50. The molecule has 1 saturated heterocycles. The van der Waals surface area contributed by atoms with Crippen LogP contribution in [0, 0.1) is 5.92 Å². The highest BCUT2D eigenvalue weighted by Gasteiger charge is 2.30. The van der Waals surface area contributed by atoms with Gasteiger partial charge in [0.15, 0.2) is 6.61 Å². The average Bonchev–Trinajstić information content (AvgIpc) is 2.85. The van der Waals surface area contributed by atoms with E-state index in [2.05, 4.69) is 5.32 Å². The lowest BCUT2D eigenvalue weighted by Gasteiger charge is -2.31. The second-order valence-electron chi connectivity index (χ2n) is 7.99. The molecule has 1 fully saturated rings. The number of nitrogens with zero attached hydrogens (tertiary/aromatic N) is 1. The highest BCUT2D eigenvalue weighted by Crippen LogP contribution is 2.30. The number of alkyl halides is 3. The molecule has 1 aliphatic rings. The zero-order valence-corrected chi connectivity index (χ0v) is 18.5. The first kappa shape index (κ1) is 25.4. The molecule has 3 rings (SSSR count). The number of aliphatic hydroxyl groups is 1. The van der Waals surface area contributed by atoms with Gasteiger partial charge in [0.2, 0.25) is 5.91 Å². The van der Waals surface area contributed by atoms with Gasteiger partial charge in [0.25, 0.3) is 5.91 Å². The fraction of sp³-hybridized carbons (Fsp3) is 0.417. The molecule has 1 aliphatic heterocycles. The molecular weight excluding hydrogens is 453 g/mol. The van der Waals surface area contributed by atoms with Crippen molar-refractivity contribution in [2.24, 2.45) is 5.92 Å². The molecule has 1 heterocycles. The van der Waals surface area contributed by atoms with Gasteiger partial charge in [0.05, 0.1) is 5.56 Å². The van der Waals surface area contributed by atoms with Crippen LogP contribution >= 0.6 is 0 Å². The highest BCUT2D eigenvalue weighted by molar-refractivity contribution is 5.80. The maximum Gasteiger partial charge on any atom is 0.416 e. The first-order valence-corrected chi connectivity index (χ1v) is 10.9. The lowest BCUT2D eigenvalue weighted by atomic mass is 9.96. The van der Waals surface area contributed by atoms with Gasteiger partial charge in [0, 0.05) is 25.6 Å². The molecule has 34 heavy (non-hydrogen) atoms. The van der Waals surface area contributed by atoms with Gasteiger partial charge in [-0.2, -0.15) is 13.2 Å². The van der Waals surface area contributed by atoms with Gasteiger partial charge in [-0.3, -0.25) is 9.59 Å². The van der Waals surface area contributed by atoms with E-state index in [0.717, 1.165) is 12.1 Å². The zero-order valence-electron chi connectivity index (χ0n) is 18.5. The minimum absolute atomic E-state index is 0.0521. The number of nitrogens with one attached hydrogen (secondary N) is 1. The van der Waals surface area contributed by atoms with E-state index < -0.39 is 17.8 Å². The van der Waals surface area contributed by atoms with E-state index in [4.69, 9.17) is 9.47 Å². The van der Waals surface area contributed by atoms with E-state index in [1.807, 2.05) is 18.2 Å². The number of hydrogen-bond donors (Lipinski definition) is 2. The molecule has 10 heteroatoms. The molecule has 184 valence electrons. The number of piperidine rings is 1. The molecule has 1 atom stereocenters. The lowest BCUT2D eigenvalue weighted by molar-refractivity contribution is -0.137. The Balaban J connectivity index is 1.32. The summed E-state index contributed by atoms with van der Waals surface area (Å²) in [4.78, 5) is 26.4. The van der Waals surface area contributed by atoms with Crippen molar-refractivity contribution in [3.8, 4) is 11.5 Å². The number of carbonyl (C=O) groups excluding carboxylic acids is 2. The minimum Gasteiger partial charge on any atom is -0.491 e. The Labute approximate surface area is 195 Å². The lowest BCUT2D eigenvalue weighted by Crippen LogP contribution is -2.45. The number of hydrogen-bond acceptors (Lipinski definition) is 5. The van der Waals surface area contributed by atoms with Crippen LogP contribution in [-0.2, 0) is 15.8 Å². The molecule has 0 aromatic heterocycles. The number of aliphatic hydroxyl groups excluding tert-OH is 1. The molecule has 0 bridgehead atoms. The van der Waals surface area contributed by atoms with E-state index in [1.54, 1.807) is 17.0 Å². The van der Waals surface area contributed by atoms with Crippen molar-refractivity contribution in [1.29, 1.82) is 0 Å². The van der Waals surface area contributed by atoms with Crippen LogP contribution in [0.15, 0.2) is 54.6 Å². The van der Waals surface area contributed by atoms with E-state index in [9.17, 15) is 27.9 Å². The number of rotatable bonds is 9. The minimum atomic E-state index is -4.43. The third-order valence-corrected chi connectivity index (χ3v) is 5.46. The zero-order chi connectivity index (χ0) is 24.6. The number of ether oxygens (including phenoxy) is 2. The standard InChI is InChI=1S/C24H27F3N2O5/c25-24(26,27)18-6-8-21(9-7-18)33-15-19(30)14-28-23(32)17-10-12-29(13-11-17)22(31)16-34-20-4-2-1-3-5-20/h1-9,17,19,30H,10-16H2,(H,28,32). The van der Waals surface area contributed by atoms with Crippen LogP contribution in [0.2, 0.25) is 0 Å². The molecule has 2 amide bonds. The Morgan fingerprint density at radius 1 is 1.00 bits per heavy atom. The van der Waals surface area contributed by atoms with E-state index in [1.165, 1.54) is 12.1 Å². The van der Waals surface area contributed by atoms with E-state index >= 15 is 0 Å². The fourth-order valence-corrected chi connectivity index (χ4v) is 3.50. The van der Waals surface area contributed by atoms with E-state index in [0.29, 0.717) is 31.7 Å². The normalized spacial score (nSPS) is 15.5. The Morgan fingerprint density at radius 3 is 2.24 bits per heavy atom. The molecular formula is C24H27F3N2O5. The molecule has 1 unspecified atom stereocenters. The van der Waals surface area contributed by atoms with Crippen molar-refractivity contribution in [3.05, 3.63) is 60.2 Å². The topological polar surface area (TPSA) is 88.1 Å². The van der Waals surface area contributed by atoms with Crippen LogP contribution in [0.5, 0.6) is 11.5 Å². The molecule has 2 N–H and O–H groups in total. The number of amides is 2. The van der Waals surface area contributed by atoms with Crippen molar-refractivity contribution >= 4 is 11.8 Å². The molecule has 2 aromatic rings. The van der Waals surface area contributed by atoms with Crippen molar-refractivity contribution in [3.63, 3.8) is 0 Å². The van der Waals surface area contributed by atoms with Crippen LogP contribution < -0.4 is 14.8 Å². The maximum absolute atomic E-state index is 12.6. The SMILES string of the molecule is O=C(NCC(O)COc1ccc(C(F)(F)F)cc1)C1CCN(C(=O)COc2ccccc2)CC1. The smallest absolute Gasteiger partial charge is 0.416 e. The Hall–Kier alpha value is -3.27. The second kappa shape index (κ2) is 11.7. The summed E-state index contributed by atoms with van der Waals surface area (Å²) in [6.07, 6.45) is -4.45.